The van der Waals surface area contributed by atoms with Crippen molar-refractivity contribution in [3.05, 3.63) is 29.8 Å². The van der Waals surface area contributed by atoms with Crippen LogP contribution in [0.4, 0.5) is 5.69 Å². The van der Waals surface area contributed by atoms with E-state index >= 15 is 0 Å². The van der Waals surface area contributed by atoms with Crippen LogP contribution < -0.4 is 4.90 Å². The number of carbonyl (C=O) groups is 2. The third-order valence-corrected chi connectivity index (χ3v) is 5.28. The molecule has 3 aliphatic rings. The first kappa shape index (κ1) is 14.3. The van der Waals surface area contributed by atoms with E-state index in [2.05, 4.69) is 6.07 Å². The summed E-state index contributed by atoms with van der Waals surface area (Å²) in [5.41, 5.74) is 1.25. The molecule has 4 rings (SSSR count). The number of amides is 2. The Kier molecular flexibility index (Phi) is 3.15. The van der Waals surface area contributed by atoms with Crippen LogP contribution in [0, 0.1) is 22.7 Å². The van der Waals surface area contributed by atoms with Crippen LogP contribution in [0.5, 0.6) is 0 Å². The van der Waals surface area contributed by atoms with Gasteiger partial charge >= 0.3 is 0 Å². The zero-order valence-corrected chi connectivity index (χ0v) is 13.0. The van der Waals surface area contributed by atoms with Crippen molar-refractivity contribution in [2.75, 3.05) is 24.5 Å². The van der Waals surface area contributed by atoms with Gasteiger partial charge in [0, 0.05) is 43.1 Å². The Morgan fingerprint density at radius 3 is 2.87 bits per heavy atom. The Hall–Kier alpha value is -2.35. The molecule has 2 saturated heterocycles. The van der Waals surface area contributed by atoms with Gasteiger partial charge < -0.3 is 9.80 Å². The summed E-state index contributed by atoms with van der Waals surface area (Å²) in [5.74, 6) is 0.616. The molecule has 0 bridgehead atoms. The van der Waals surface area contributed by atoms with E-state index in [1.54, 1.807) is 17.0 Å². The first-order valence-corrected chi connectivity index (χ1v) is 8.20. The molecule has 5 heteroatoms. The lowest BCUT2D eigenvalue weighted by Gasteiger charge is -2.24. The van der Waals surface area contributed by atoms with Gasteiger partial charge in [0.25, 0.3) is 0 Å². The number of hydrogen-bond acceptors (Lipinski definition) is 3. The van der Waals surface area contributed by atoms with Crippen molar-refractivity contribution in [2.45, 2.75) is 25.7 Å². The minimum absolute atomic E-state index is 0.0980. The summed E-state index contributed by atoms with van der Waals surface area (Å²) >= 11 is 0. The van der Waals surface area contributed by atoms with Gasteiger partial charge in [-0.3, -0.25) is 9.59 Å². The molecule has 2 heterocycles. The number of carbonyl (C=O) groups excluding carboxylic acids is 2. The second-order valence-corrected chi connectivity index (χ2v) is 7.10. The van der Waals surface area contributed by atoms with E-state index in [1.165, 1.54) is 0 Å². The predicted molar refractivity (Wildman–Crippen MR) is 84.5 cm³/mol. The Bertz CT molecular complexity index is 719. The summed E-state index contributed by atoms with van der Waals surface area (Å²) in [6.07, 6.45) is 3.44. The van der Waals surface area contributed by atoms with Gasteiger partial charge in [0.15, 0.2) is 0 Å². The van der Waals surface area contributed by atoms with Gasteiger partial charge in [-0.15, -0.1) is 0 Å². The van der Waals surface area contributed by atoms with Crippen LogP contribution in [0.1, 0.15) is 31.2 Å². The molecule has 1 atom stereocenters. The molecule has 1 unspecified atom stereocenters. The number of nitriles is 1. The van der Waals surface area contributed by atoms with Crippen LogP contribution in [0.3, 0.4) is 0 Å². The van der Waals surface area contributed by atoms with E-state index in [4.69, 9.17) is 5.26 Å². The van der Waals surface area contributed by atoms with Crippen molar-refractivity contribution in [3.63, 3.8) is 0 Å². The number of hydrogen-bond donors (Lipinski definition) is 0. The lowest BCUT2D eigenvalue weighted by molar-refractivity contribution is -0.132. The molecule has 0 aromatic heterocycles. The second-order valence-electron chi connectivity index (χ2n) is 7.10. The van der Waals surface area contributed by atoms with E-state index in [9.17, 15) is 9.59 Å². The van der Waals surface area contributed by atoms with Crippen molar-refractivity contribution >= 4 is 17.5 Å². The van der Waals surface area contributed by atoms with Crippen LogP contribution in [0.15, 0.2) is 24.3 Å². The van der Waals surface area contributed by atoms with Crippen LogP contribution in [-0.2, 0) is 9.59 Å². The van der Waals surface area contributed by atoms with Gasteiger partial charge in [-0.2, -0.15) is 5.26 Å². The maximum atomic E-state index is 12.5. The minimum atomic E-state index is -0.107. The summed E-state index contributed by atoms with van der Waals surface area (Å²) in [7, 11) is 0. The highest BCUT2D eigenvalue weighted by atomic mass is 16.2. The van der Waals surface area contributed by atoms with Gasteiger partial charge in [-0.05, 0) is 37.5 Å². The monoisotopic (exact) mass is 309 g/mol. The van der Waals surface area contributed by atoms with E-state index in [0.717, 1.165) is 31.5 Å². The second kappa shape index (κ2) is 5.09. The number of anilines is 1. The Labute approximate surface area is 135 Å². The maximum absolute atomic E-state index is 12.5. The Morgan fingerprint density at radius 1 is 1.30 bits per heavy atom. The van der Waals surface area contributed by atoms with Crippen LogP contribution >= 0.6 is 0 Å². The lowest BCUT2D eigenvalue weighted by Crippen LogP contribution is -2.34. The molecule has 5 nitrogen and oxygen atoms in total. The molecule has 23 heavy (non-hydrogen) atoms. The fourth-order valence-corrected chi connectivity index (χ4v) is 3.86. The van der Waals surface area contributed by atoms with Gasteiger partial charge in [0.05, 0.1) is 11.6 Å². The molecule has 1 saturated carbocycles. The molecular weight excluding hydrogens is 290 g/mol. The summed E-state index contributed by atoms with van der Waals surface area (Å²) in [4.78, 5) is 28.5. The highest BCUT2D eigenvalue weighted by Gasteiger charge is 2.50. The molecule has 0 N–H and O–H groups in total. The lowest BCUT2D eigenvalue weighted by atomic mass is 9.86. The highest BCUT2D eigenvalue weighted by molar-refractivity contribution is 5.96. The fraction of sp³-hybridized carbons (Fsp3) is 0.500. The molecule has 2 aliphatic heterocycles. The van der Waals surface area contributed by atoms with E-state index < -0.39 is 0 Å². The molecule has 1 spiro atoms. The first-order valence-electron chi connectivity index (χ1n) is 8.20. The fourth-order valence-electron chi connectivity index (χ4n) is 3.86. The molecule has 3 fully saturated rings. The van der Waals surface area contributed by atoms with Gasteiger partial charge in [0.1, 0.15) is 0 Å². The average Bonchev–Trinajstić information content (AvgIpc) is 3.26. The predicted octanol–water partition coefficient (Wildman–Crippen LogP) is 1.92. The highest BCUT2D eigenvalue weighted by Crippen LogP contribution is 2.43. The third-order valence-electron chi connectivity index (χ3n) is 5.28. The van der Waals surface area contributed by atoms with Crippen LogP contribution in [0.2, 0.25) is 0 Å². The normalized spacial score (nSPS) is 26.8. The zero-order valence-electron chi connectivity index (χ0n) is 13.0. The summed E-state index contributed by atoms with van der Waals surface area (Å²) < 4.78 is 0. The maximum Gasteiger partial charge on any atom is 0.227 e. The number of likely N-dealkylation sites (tertiary alicyclic amines) is 1. The molecule has 0 radical (unpaired) electrons. The van der Waals surface area contributed by atoms with Crippen LogP contribution in [-0.4, -0.2) is 36.3 Å². The van der Waals surface area contributed by atoms with Crippen molar-refractivity contribution in [1.29, 1.82) is 5.26 Å². The van der Waals surface area contributed by atoms with E-state index in [0.29, 0.717) is 25.1 Å². The molecule has 1 aliphatic carbocycles. The Morgan fingerprint density at radius 2 is 2.13 bits per heavy atom. The Balaban J connectivity index is 1.52. The SMILES string of the molecule is N#Cc1cccc(N2CC3(CCN(C(=O)C4CC4)C3)CC2=O)c1. The average molecular weight is 309 g/mol. The first-order chi connectivity index (χ1) is 11.1. The summed E-state index contributed by atoms with van der Waals surface area (Å²) in [6, 6.07) is 9.31. The van der Waals surface area contributed by atoms with Gasteiger partial charge in [0.2, 0.25) is 11.8 Å². The van der Waals surface area contributed by atoms with Crippen molar-refractivity contribution in [3.8, 4) is 6.07 Å². The standard InChI is InChI=1S/C18H19N3O2/c19-10-13-2-1-3-15(8-13)21-12-18(9-16(21)22)6-7-20(11-18)17(23)14-4-5-14/h1-3,8,14H,4-7,9,11-12H2. The summed E-state index contributed by atoms with van der Waals surface area (Å²) in [6.45, 7) is 2.12. The molecule has 118 valence electrons. The molecule has 1 aromatic rings. The van der Waals surface area contributed by atoms with Gasteiger partial charge in [-0.25, -0.2) is 0 Å². The van der Waals surface area contributed by atoms with Gasteiger partial charge in [-0.1, -0.05) is 6.07 Å². The quantitative estimate of drug-likeness (QED) is 0.838. The zero-order chi connectivity index (χ0) is 16.0. The van der Waals surface area contributed by atoms with E-state index in [-0.39, 0.29) is 23.1 Å². The topological polar surface area (TPSA) is 64.4 Å². The number of nitrogens with zero attached hydrogens (tertiary/aromatic N) is 3. The van der Waals surface area contributed by atoms with Crippen LogP contribution in [0.25, 0.3) is 0 Å². The third kappa shape index (κ3) is 2.48. The largest absolute Gasteiger partial charge is 0.342 e. The number of rotatable bonds is 2. The summed E-state index contributed by atoms with van der Waals surface area (Å²) in [5, 5.41) is 9.03. The van der Waals surface area contributed by atoms with Crippen molar-refractivity contribution in [1.82, 2.24) is 4.90 Å². The minimum Gasteiger partial charge on any atom is -0.342 e. The van der Waals surface area contributed by atoms with Crippen molar-refractivity contribution in [2.24, 2.45) is 11.3 Å². The molecular formula is C18H19N3O2. The molecule has 2 amide bonds. The van der Waals surface area contributed by atoms with Crippen molar-refractivity contribution < 1.29 is 9.59 Å². The smallest absolute Gasteiger partial charge is 0.227 e. The van der Waals surface area contributed by atoms with E-state index in [1.807, 2.05) is 17.0 Å². The number of benzene rings is 1. The molecule has 1 aromatic carbocycles.